The van der Waals surface area contributed by atoms with Crippen LogP contribution in [0, 0.1) is 6.92 Å². The smallest absolute Gasteiger partial charge is 0.277 e. The highest BCUT2D eigenvalue weighted by atomic mass is 32.2. The normalized spacial score (nSPS) is 10.9. The number of H-pyrrole nitrogens is 1. The number of aromatic nitrogens is 6. The molecule has 0 spiro atoms. The summed E-state index contributed by atoms with van der Waals surface area (Å²) >= 11 is 5.58. The van der Waals surface area contributed by atoms with Gasteiger partial charge in [0.15, 0.2) is 14.6 Å². The van der Waals surface area contributed by atoms with E-state index in [1.807, 2.05) is 29.8 Å². The van der Waals surface area contributed by atoms with Crippen molar-refractivity contribution in [2.75, 3.05) is 5.32 Å². The summed E-state index contributed by atoms with van der Waals surface area (Å²) in [7, 11) is 0. The maximum absolute atomic E-state index is 12.8. The van der Waals surface area contributed by atoms with E-state index >= 15 is 0 Å². The van der Waals surface area contributed by atoms with Crippen molar-refractivity contribution in [1.29, 1.82) is 0 Å². The summed E-state index contributed by atoms with van der Waals surface area (Å²) in [5, 5.41) is 16.0. The SMILES string of the molecule is Cc1csc(NC(=O)c2nc(Sc3nnc[nH]3)ccc2Sc2nccs2)n1. The molecule has 27 heavy (non-hydrogen) atoms. The van der Waals surface area contributed by atoms with Crippen molar-refractivity contribution < 1.29 is 4.79 Å². The molecule has 0 aliphatic heterocycles. The average Bonchev–Trinajstić information content (AvgIpc) is 3.40. The maximum Gasteiger partial charge on any atom is 0.277 e. The molecular formula is C15H11N7OS4. The molecule has 4 aromatic rings. The molecule has 0 aliphatic rings. The molecule has 8 nitrogen and oxygen atoms in total. The van der Waals surface area contributed by atoms with E-state index in [2.05, 4.69) is 35.5 Å². The number of aromatic amines is 1. The van der Waals surface area contributed by atoms with E-state index in [-0.39, 0.29) is 5.91 Å². The molecule has 0 bridgehead atoms. The highest BCUT2D eigenvalue weighted by Crippen LogP contribution is 2.33. The van der Waals surface area contributed by atoms with Gasteiger partial charge in [0.2, 0.25) is 0 Å². The Labute approximate surface area is 170 Å². The zero-order valence-electron chi connectivity index (χ0n) is 13.7. The number of rotatable bonds is 6. The molecule has 0 saturated heterocycles. The fraction of sp³-hybridized carbons (Fsp3) is 0.0667. The van der Waals surface area contributed by atoms with Crippen LogP contribution in [-0.2, 0) is 0 Å². The van der Waals surface area contributed by atoms with Gasteiger partial charge in [-0.25, -0.2) is 15.0 Å². The van der Waals surface area contributed by atoms with Crippen molar-refractivity contribution in [3.63, 3.8) is 0 Å². The number of nitrogens with zero attached hydrogens (tertiary/aromatic N) is 5. The lowest BCUT2D eigenvalue weighted by Crippen LogP contribution is -2.15. The predicted molar refractivity (Wildman–Crippen MR) is 106 cm³/mol. The van der Waals surface area contributed by atoms with Crippen LogP contribution < -0.4 is 5.32 Å². The van der Waals surface area contributed by atoms with Crippen molar-refractivity contribution in [1.82, 2.24) is 30.1 Å². The van der Waals surface area contributed by atoms with E-state index in [9.17, 15) is 4.79 Å². The van der Waals surface area contributed by atoms with E-state index in [0.29, 0.717) is 21.0 Å². The van der Waals surface area contributed by atoms with Crippen molar-refractivity contribution in [2.45, 2.75) is 26.3 Å². The first-order valence-electron chi connectivity index (χ1n) is 7.53. The molecule has 136 valence electrons. The summed E-state index contributed by atoms with van der Waals surface area (Å²) in [6.07, 6.45) is 3.22. The third-order valence-corrected chi connectivity index (χ3v) is 6.73. The second kappa shape index (κ2) is 8.17. The zero-order chi connectivity index (χ0) is 18.6. The molecular weight excluding hydrogens is 422 g/mol. The van der Waals surface area contributed by atoms with E-state index in [1.54, 1.807) is 6.20 Å². The molecule has 4 aromatic heterocycles. The van der Waals surface area contributed by atoms with E-state index < -0.39 is 0 Å². The van der Waals surface area contributed by atoms with Gasteiger partial charge in [-0.1, -0.05) is 11.8 Å². The molecule has 4 rings (SSSR count). The topological polar surface area (TPSA) is 109 Å². The number of hydrogen-bond donors (Lipinski definition) is 2. The summed E-state index contributed by atoms with van der Waals surface area (Å²) in [5.41, 5.74) is 1.17. The Hall–Kier alpha value is -2.28. The molecule has 0 aromatic carbocycles. The molecule has 0 aliphatic carbocycles. The maximum atomic E-state index is 12.8. The van der Waals surface area contributed by atoms with Gasteiger partial charge < -0.3 is 4.98 Å². The second-order valence-corrected chi connectivity index (χ2v) is 9.09. The molecule has 0 radical (unpaired) electrons. The average molecular weight is 434 g/mol. The highest BCUT2D eigenvalue weighted by molar-refractivity contribution is 8.01. The molecule has 0 saturated carbocycles. The van der Waals surface area contributed by atoms with Crippen LogP contribution in [-0.4, -0.2) is 36.0 Å². The third-order valence-electron chi connectivity index (χ3n) is 3.09. The fourth-order valence-electron chi connectivity index (χ4n) is 2.00. The van der Waals surface area contributed by atoms with Gasteiger partial charge in [0.05, 0.1) is 5.69 Å². The minimum atomic E-state index is -0.316. The van der Waals surface area contributed by atoms with Crippen LogP contribution in [0.2, 0.25) is 0 Å². The molecule has 4 heterocycles. The number of aryl methyl sites for hydroxylation is 1. The van der Waals surface area contributed by atoms with Crippen LogP contribution in [0.1, 0.15) is 16.2 Å². The predicted octanol–water partition coefficient (Wildman–Crippen LogP) is 3.98. The first-order valence-corrected chi connectivity index (χ1v) is 10.9. The van der Waals surface area contributed by atoms with Gasteiger partial charge in [0, 0.05) is 21.9 Å². The zero-order valence-corrected chi connectivity index (χ0v) is 17.0. The van der Waals surface area contributed by atoms with Crippen LogP contribution in [0.3, 0.4) is 0 Å². The van der Waals surface area contributed by atoms with Gasteiger partial charge in [-0.2, -0.15) is 0 Å². The summed E-state index contributed by atoms with van der Waals surface area (Å²) < 4.78 is 0.839. The third kappa shape index (κ3) is 4.53. The summed E-state index contributed by atoms with van der Waals surface area (Å²) in [6.45, 7) is 1.88. The number of hydrogen-bond acceptors (Lipinski definition) is 10. The lowest BCUT2D eigenvalue weighted by Gasteiger charge is -2.08. The molecule has 12 heteroatoms. The van der Waals surface area contributed by atoms with Gasteiger partial charge in [0.25, 0.3) is 5.91 Å². The molecule has 1 amide bonds. The Morgan fingerprint density at radius 2 is 2.15 bits per heavy atom. The Bertz CT molecular complexity index is 1050. The van der Waals surface area contributed by atoms with Gasteiger partial charge in [-0.15, -0.1) is 32.9 Å². The first kappa shape index (κ1) is 18.1. The summed E-state index contributed by atoms with van der Waals surface area (Å²) in [4.78, 5) is 29.5. The Balaban J connectivity index is 1.64. The lowest BCUT2D eigenvalue weighted by atomic mass is 10.3. The number of carbonyl (C=O) groups is 1. The number of carbonyl (C=O) groups excluding carboxylic acids is 1. The minimum Gasteiger partial charge on any atom is -0.322 e. The molecule has 0 atom stereocenters. The molecule has 2 N–H and O–H groups in total. The monoisotopic (exact) mass is 433 g/mol. The van der Waals surface area contributed by atoms with Gasteiger partial charge >= 0.3 is 0 Å². The number of nitrogens with one attached hydrogen (secondary N) is 2. The van der Waals surface area contributed by atoms with Crippen molar-refractivity contribution in [2.24, 2.45) is 0 Å². The van der Waals surface area contributed by atoms with Crippen molar-refractivity contribution in [3.8, 4) is 0 Å². The number of anilines is 1. The van der Waals surface area contributed by atoms with E-state index in [4.69, 9.17) is 0 Å². The number of amides is 1. The van der Waals surface area contributed by atoms with Crippen LogP contribution in [0.5, 0.6) is 0 Å². The largest absolute Gasteiger partial charge is 0.322 e. The Morgan fingerprint density at radius 1 is 1.22 bits per heavy atom. The second-order valence-electron chi connectivity index (χ2n) is 5.04. The Kier molecular flexibility index (Phi) is 5.48. The minimum absolute atomic E-state index is 0.313. The van der Waals surface area contributed by atoms with E-state index in [0.717, 1.165) is 14.9 Å². The fourth-order valence-corrected chi connectivity index (χ4v) is 5.01. The number of pyridine rings is 1. The van der Waals surface area contributed by atoms with E-state index in [1.165, 1.54) is 52.5 Å². The summed E-state index contributed by atoms with van der Waals surface area (Å²) in [6, 6.07) is 3.70. The van der Waals surface area contributed by atoms with Crippen LogP contribution in [0.15, 0.2) is 54.8 Å². The number of thiazole rings is 2. The first-order chi connectivity index (χ1) is 13.2. The van der Waals surface area contributed by atoms with Gasteiger partial charge in [-0.05, 0) is 30.8 Å². The Morgan fingerprint density at radius 3 is 2.85 bits per heavy atom. The van der Waals surface area contributed by atoms with Crippen molar-refractivity contribution in [3.05, 3.63) is 46.8 Å². The molecule has 0 fully saturated rings. The standard InChI is InChI=1S/C15H11N7OS4/c1-8-6-25-14(19-8)21-12(23)11-9(26-15-16-4-5-24-15)2-3-10(20-11)27-13-17-7-18-22-13/h2-7H,1H3,(H,17,18,22)(H,19,21,23). The quantitative estimate of drug-likeness (QED) is 0.470. The van der Waals surface area contributed by atoms with Crippen LogP contribution in [0.25, 0.3) is 0 Å². The van der Waals surface area contributed by atoms with Crippen LogP contribution in [0.4, 0.5) is 5.13 Å². The van der Waals surface area contributed by atoms with Crippen molar-refractivity contribution >= 4 is 57.2 Å². The van der Waals surface area contributed by atoms with Gasteiger partial charge in [-0.3, -0.25) is 10.1 Å². The molecule has 0 unspecified atom stereocenters. The van der Waals surface area contributed by atoms with Crippen LogP contribution >= 0.6 is 46.2 Å². The highest BCUT2D eigenvalue weighted by Gasteiger charge is 2.18. The van der Waals surface area contributed by atoms with Gasteiger partial charge in [0.1, 0.15) is 17.0 Å². The lowest BCUT2D eigenvalue weighted by molar-refractivity contribution is 0.101. The summed E-state index contributed by atoms with van der Waals surface area (Å²) in [5.74, 6) is -0.316.